The van der Waals surface area contributed by atoms with Crippen LogP contribution >= 0.6 is 0 Å². The summed E-state index contributed by atoms with van der Waals surface area (Å²) in [6.07, 6.45) is 0.974. The number of rotatable bonds is 4. The number of aliphatic imine (C=N–C) groups is 1. The monoisotopic (exact) mass is 311 g/mol. The van der Waals surface area contributed by atoms with E-state index in [1.54, 1.807) is 6.21 Å². The van der Waals surface area contributed by atoms with Crippen molar-refractivity contribution in [2.75, 3.05) is 0 Å². The zero-order valence-electron chi connectivity index (χ0n) is 14.2. The normalized spacial score (nSPS) is 14.8. The molecule has 2 N–H and O–H groups in total. The van der Waals surface area contributed by atoms with E-state index in [0.29, 0.717) is 5.56 Å². The van der Waals surface area contributed by atoms with Gasteiger partial charge in [-0.05, 0) is 29.5 Å². The Balaban J connectivity index is 2.20. The van der Waals surface area contributed by atoms with E-state index in [2.05, 4.69) is 25.8 Å². The Labute approximate surface area is 138 Å². The van der Waals surface area contributed by atoms with Crippen molar-refractivity contribution in [1.29, 1.82) is 0 Å². The van der Waals surface area contributed by atoms with Gasteiger partial charge in [-0.3, -0.25) is 4.99 Å². The van der Waals surface area contributed by atoms with E-state index >= 15 is 0 Å². The molecule has 0 aliphatic rings. The molecular weight excluding hydrogens is 286 g/mol. The van der Waals surface area contributed by atoms with E-state index in [1.807, 2.05) is 55.5 Å². The van der Waals surface area contributed by atoms with Gasteiger partial charge >= 0.3 is 0 Å². The van der Waals surface area contributed by atoms with Gasteiger partial charge in [-0.25, -0.2) is 0 Å². The summed E-state index contributed by atoms with van der Waals surface area (Å²) in [5.41, 5.74) is 2.26. The van der Waals surface area contributed by atoms with E-state index in [0.717, 1.165) is 11.1 Å². The van der Waals surface area contributed by atoms with E-state index in [1.165, 1.54) is 0 Å². The second kappa shape index (κ2) is 6.97. The Morgan fingerprint density at radius 1 is 1.00 bits per heavy atom. The first-order chi connectivity index (χ1) is 10.8. The van der Waals surface area contributed by atoms with Crippen LogP contribution in [0, 0.1) is 0 Å². The fourth-order valence-electron chi connectivity index (χ4n) is 2.48. The lowest BCUT2D eigenvalue weighted by Crippen LogP contribution is -2.13. The minimum absolute atomic E-state index is 0.136. The number of benzene rings is 2. The average Bonchev–Trinajstić information content (AvgIpc) is 2.52. The quantitative estimate of drug-likeness (QED) is 0.830. The van der Waals surface area contributed by atoms with Gasteiger partial charge in [0.25, 0.3) is 0 Å². The number of hydrogen-bond acceptors (Lipinski definition) is 3. The molecule has 2 aromatic carbocycles. The first-order valence-corrected chi connectivity index (χ1v) is 7.89. The summed E-state index contributed by atoms with van der Waals surface area (Å²) in [6, 6.07) is 14.9. The van der Waals surface area contributed by atoms with E-state index in [-0.39, 0.29) is 17.2 Å². The molecule has 2 atom stereocenters. The lowest BCUT2D eigenvalue weighted by atomic mass is 9.85. The van der Waals surface area contributed by atoms with Gasteiger partial charge in [-0.15, -0.1) is 0 Å². The molecule has 0 amide bonds. The molecule has 3 nitrogen and oxygen atoms in total. The standard InChI is InChI=1S/C20H25NO2/c1-14(18(22)15-9-6-5-7-10-15)21-13-16-11-8-12-17(19(16)23)20(2,3)4/h5-14,18,22-23H,1-4H3/t14-,18-/m0/s1. The van der Waals surface area contributed by atoms with Crippen molar-refractivity contribution < 1.29 is 10.2 Å². The van der Waals surface area contributed by atoms with Crippen molar-refractivity contribution in [2.24, 2.45) is 4.99 Å². The number of aliphatic hydroxyl groups excluding tert-OH is 1. The highest BCUT2D eigenvalue weighted by Crippen LogP contribution is 2.32. The maximum atomic E-state index is 10.4. The second-order valence-corrected chi connectivity index (χ2v) is 6.87. The molecule has 0 aromatic heterocycles. The van der Waals surface area contributed by atoms with Crippen molar-refractivity contribution >= 4 is 6.21 Å². The predicted octanol–water partition coefficient (Wildman–Crippen LogP) is 4.23. The third-order valence-corrected chi connectivity index (χ3v) is 3.92. The third-order valence-electron chi connectivity index (χ3n) is 3.92. The Morgan fingerprint density at radius 3 is 2.26 bits per heavy atom. The van der Waals surface area contributed by atoms with Crippen molar-refractivity contribution in [3.05, 3.63) is 65.2 Å². The molecule has 2 rings (SSSR count). The zero-order chi connectivity index (χ0) is 17.0. The van der Waals surface area contributed by atoms with Gasteiger partial charge in [0.15, 0.2) is 0 Å². The molecule has 0 heterocycles. The highest BCUT2D eigenvalue weighted by atomic mass is 16.3. The number of phenols is 1. The zero-order valence-corrected chi connectivity index (χ0v) is 14.2. The molecule has 0 unspecified atom stereocenters. The van der Waals surface area contributed by atoms with Gasteiger partial charge in [0.2, 0.25) is 0 Å². The summed E-state index contributed by atoms with van der Waals surface area (Å²) in [5.74, 6) is 0.255. The van der Waals surface area contributed by atoms with Crippen LogP contribution in [0.2, 0.25) is 0 Å². The molecule has 2 aromatic rings. The first-order valence-electron chi connectivity index (χ1n) is 7.89. The summed E-state index contributed by atoms with van der Waals surface area (Å²) < 4.78 is 0. The van der Waals surface area contributed by atoms with Crippen LogP contribution in [0.5, 0.6) is 5.75 Å². The lowest BCUT2D eigenvalue weighted by Gasteiger charge is -2.21. The molecule has 0 spiro atoms. The van der Waals surface area contributed by atoms with Crippen LogP contribution < -0.4 is 0 Å². The van der Waals surface area contributed by atoms with Gasteiger partial charge in [0, 0.05) is 11.8 Å². The van der Waals surface area contributed by atoms with Crippen LogP contribution in [0.1, 0.15) is 50.5 Å². The maximum Gasteiger partial charge on any atom is 0.128 e. The van der Waals surface area contributed by atoms with Gasteiger partial charge in [0.05, 0.1) is 6.04 Å². The van der Waals surface area contributed by atoms with Crippen molar-refractivity contribution in [1.82, 2.24) is 0 Å². The highest BCUT2D eigenvalue weighted by Gasteiger charge is 2.19. The fraction of sp³-hybridized carbons (Fsp3) is 0.350. The van der Waals surface area contributed by atoms with Crippen LogP contribution in [0.4, 0.5) is 0 Å². The van der Waals surface area contributed by atoms with E-state index in [4.69, 9.17) is 0 Å². The Bertz CT molecular complexity index is 672. The highest BCUT2D eigenvalue weighted by molar-refractivity contribution is 5.84. The Hall–Kier alpha value is -2.13. The Kier molecular flexibility index (Phi) is 5.22. The van der Waals surface area contributed by atoms with Crippen molar-refractivity contribution in [3.63, 3.8) is 0 Å². The van der Waals surface area contributed by atoms with Crippen LogP contribution in [-0.4, -0.2) is 22.5 Å². The first kappa shape index (κ1) is 17.2. The molecule has 0 aliphatic carbocycles. The van der Waals surface area contributed by atoms with Crippen LogP contribution in [0.25, 0.3) is 0 Å². The predicted molar refractivity (Wildman–Crippen MR) is 95.3 cm³/mol. The minimum atomic E-state index is -0.666. The molecule has 0 bridgehead atoms. The Morgan fingerprint density at radius 2 is 1.65 bits per heavy atom. The molecule has 122 valence electrons. The smallest absolute Gasteiger partial charge is 0.128 e. The maximum absolute atomic E-state index is 10.4. The van der Waals surface area contributed by atoms with Crippen LogP contribution in [-0.2, 0) is 5.41 Å². The lowest BCUT2D eigenvalue weighted by molar-refractivity contribution is 0.154. The number of hydrogen-bond donors (Lipinski definition) is 2. The molecule has 0 radical (unpaired) electrons. The summed E-state index contributed by atoms with van der Waals surface area (Å²) in [5, 5.41) is 20.8. The van der Waals surface area contributed by atoms with Crippen LogP contribution in [0.15, 0.2) is 53.5 Å². The molecule has 23 heavy (non-hydrogen) atoms. The third kappa shape index (κ3) is 4.20. The second-order valence-electron chi connectivity index (χ2n) is 6.87. The molecule has 3 heteroatoms. The molecule has 0 fully saturated rings. The molecular formula is C20H25NO2. The molecule has 0 aliphatic heterocycles. The summed E-state index contributed by atoms with van der Waals surface area (Å²) in [4.78, 5) is 4.42. The fourth-order valence-corrected chi connectivity index (χ4v) is 2.48. The van der Waals surface area contributed by atoms with Gasteiger partial charge in [0.1, 0.15) is 11.9 Å². The number of phenolic OH excluding ortho intramolecular Hbond substituents is 1. The van der Waals surface area contributed by atoms with E-state index in [9.17, 15) is 10.2 Å². The number of para-hydroxylation sites is 1. The summed E-state index contributed by atoms with van der Waals surface area (Å²) in [7, 11) is 0. The van der Waals surface area contributed by atoms with Crippen molar-refractivity contribution in [3.8, 4) is 5.75 Å². The van der Waals surface area contributed by atoms with Gasteiger partial charge < -0.3 is 10.2 Å². The molecule has 0 saturated carbocycles. The number of aliphatic hydroxyl groups is 1. The molecule has 0 saturated heterocycles. The largest absolute Gasteiger partial charge is 0.507 e. The van der Waals surface area contributed by atoms with Crippen molar-refractivity contribution in [2.45, 2.75) is 45.3 Å². The van der Waals surface area contributed by atoms with Gasteiger partial charge in [-0.1, -0.05) is 63.2 Å². The number of nitrogens with zero attached hydrogens (tertiary/aromatic N) is 1. The summed E-state index contributed by atoms with van der Waals surface area (Å²) >= 11 is 0. The van der Waals surface area contributed by atoms with E-state index < -0.39 is 6.10 Å². The summed E-state index contributed by atoms with van der Waals surface area (Å²) in [6.45, 7) is 8.04. The van der Waals surface area contributed by atoms with Gasteiger partial charge in [-0.2, -0.15) is 0 Å². The van der Waals surface area contributed by atoms with Crippen LogP contribution in [0.3, 0.4) is 0 Å². The minimum Gasteiger partial charge on any atom is -0.507 e. The topological polar surface area (TPSA) is 52.8 Å². The number of aromatic hydroxyl groups is 1. The SMILES string of the molecule is C[C@H](N=Cc1cccc(C(C)(C)C)c1O)[C@H](O)c1ccccc1. The average molecular weight is 311 g/mol.